The number of benzene rings is 4. The summed E-state index contributed by atoms with van der Waals surface area (Å²) < 4.78 is 27.8. The van der Waals surface area contributed by atoms with Gasteiger partial charge in [0.2, 0.25) is 21.8 Å². The third-order valence-corrected chi connectivity index (χ3v) is 9.27. The highest BCUT2D eigenvalue weighted by Crippen LogP contribution is 2.26. The Morgan fingerprint density at radius 3 is 2.09 bits per heavy atom. The fraction of sp³-hybridized carbons (Fsp3) is 0.235. The number of carbonyl (C=O) groups excluding carboxylic acids is 2. The lowest BCUT2D eigenvalue weighted by molar-refractivity contribution is -0.141. The first-order chi connectivity index (χ1) is 20.8. The second kappa shape index (κ2) is 14.0. The number of halogens is 1. The minimum atomic E-state index is -3.55. The first-order valence-electron chi connectivity index (χ1n) is 14.3. The molecular weight excluding hydrogens is 582 g/mol. The molecule has 2 amide bonds. The van der Waals surface area contributed by atoms with E-state index in [0.29, 0.717) is 17.0 Å². The van der Waals surface area contributed by atoms with Gasteiger partial charge in [0.25, 0.3) is 0 Å². The average molecular weight is 616 g/mol. The SMILES string of the molecule is O=C(NCc1ccccc1Cl)[C@@H](c1ccccc1)N(Cc1ccccc1)C(=O)CCc1ccc(S(=O)(=O)NC2CC2)cc1. The Kier molecular flexibility index (Phi) is 9.92. The summed E-state index contributed by atoms with van der Waals surface area (Å²) in [6.45, 7) is 0.461. The summed E-state index contributed by atoms with van der Waals surface area (Å²) in [6, 6.07) is 31.9. The molecule has 1 aliphatic rings. The average Bonchev–Trinajstić information content (AvgIpc) is 3.84. The van der Waals surface area contributed by atoms with Gasteiger partial charge in [-0.05, 0) is 59.7 Å². The van der Waals surface area contributed by atoms with E-state index in [4.69, 9.17) is 11.6 Å². The lowest BCUT2D eigenvalue weighted by Gasteiger charge is -2.32. The minimum Gasteiger partial charge on any atom is -0.350 e. The summed E-state index contributed by atoms with van der Waals surface area (Å²) in [6.07, 6.45) is 2.26. The first-order valence-corrected chi connectivity index (χ1v) is 16.2. The maximum absolute atomic E-state index is 13.9. The maximum atomic E-state index is 13.9. The van der Waals surface area contributed by atoms with E-state index in [9.17, 15) is 18.0 Å². The number of sulfonamides is 1. The summed E-state index contributed by atoms with van der Waals surface area (Å²) in [7, 11) is -3.55. The van der Waals surface area contributed by atoms with Crippen LogP contribution in [0.2, 0.25) is 5.02 Å². The molecule has 0 saturated heterocycles. The Bertz CT molecular complexity index is 1640. The van der Waals surface area contributed by atoms with Crippen LogP contribution in [-0.4, -0.2) is 31.2 Å². The van der Waals surface area contributed by atoms with Crippen molar-refractivity contribution in [1.82, 2.24) is 14.9 Å². The topological polar surface area (TPSA) is 95.6 Å². The highest BCUT2D eigenvalue weighted by molar-refractivity contribution is 7.89. The highest BCUT2D eigenvalue weighted by Gasteiger charge is 2.32. The van der Waals surface area contributed by atoms with E-state index in [1.165, 1.54) is 0 Å². The second-order valence-electron chi connectivity index (χ2n) is 10.7. The van der Waals surface area contributed by atoms with Crippen molar-refractivity contribution in [2.75, 3.05) is 0 Å². The lowest BCUT2D eigenvalue weighted by Crippen LogP contribution is -2.43. The molecule has 0 radical (unpaired) electrons. The number of nitrogens with zero attached hydrogens (tertiary/aromatic N) is 1. The van der Waals surface area contributed by atoms with Gasteiger partial charge in [-0.25, -0.2) is 13.1 Å². The van der Waals surface area contributed by atoms with Crippen molar-refractivity contribution < 1.29 is 18.0 Å². The van der Waals surface area contributed by atoms with Crippen LogP contribution in [0.3, 0.4) is 0 Å². The molecule has 9 heteroatoms. The molecule has 4 aromatic carbocycles. The quantitative estimate of drug-likeness (QED) is 0.199. The minimum absolute atomic E-state index is 0.0253. The molecule has 222 valence electrons. The Balaban J connectivity index is 1.36. The van der Waals surface area contributed by atoms with Crippen LogP contribution in [0.4, 0.5) is 0 Å². The van der Waals surface area contributed by atoms with Gasteiger partial charge in [0.1, 0.15) is 6.04 Å². The number of nitrogens with one attached hydrogen (secondary N) is 2. The molecule has 0 spiro atoms. The zero-order chi connectivity index (χ0) is 30.2. The van der Waals surface area contributed by atoms with Crippen LogP contribution in [0.25, 0.3) is 0 Å². The van der Waals surface area contributed by atoms with Crippen molar-refractivity contribution in [3.63, 3.8) is 0 Å². The predicted molar refractivity (Wildman–Crippen MR) is 168 cm³/mol. The van der Waals surface area contributed by atoms with Crippen LogP contribution >= 0.6 is 11.6 Å². The van der Waals surface area contributed by atoms with E-state index in [0.717, 1.165) is 29.5 Å². The number of hydrogen-bond donors (Lipinski definition) is 2. The summed E-state index contributed by atoms with van der Waals surface area (Å²) in [5.41, 5.74) is 3.20. The van der Waals surface area contributed by atoms with Gasteiger partial charge in [0.15, 0.2) is 0 Å². The fourth-order valence-corrected chi connectivity index (χ4v) is 6.36. The Morgan fingerprint density at radius 1 is 0.814 bits per heavy atom. The number of carbonyl (C=O) groups is 2. The van der Waals surface area contributed by atoms with Crippen LogP contribution in [0, 0.1) is 0 Å². The fourth-order valence-electron chi connectivity index (χ4n) is 4.85. The molecule has 1 atom stereocenters. The van der Waals surface area contributed by atoms with E-state index in [-0.39, 0.29) is 42.3 Å². The largest absolute Gasteiger partial charge is 0.350 e. The van der Waals surface area contributed by atoms with Gasteiger partial charge in [-0.2, -0.15) is 0 Å². The first kappa shape index (κ1) is 30.5. The summed E-state index contributed by atoms with van der Waals surface area (Å²) in [4.78, 5) is 29.6. The van der Waals surface area contributed by atoms with Crippen molar-refractivity contribution in [1.29, 1.82) is 0 Å². The summed E-state index contributed by atoms with van der Waals surface area (Å²) in [5, 5.41) is 3.55. The number of hydrogen-bond acceptors (Lipinski definition) is 4. The van der Waals surface area contributed by atoms with Crippen LogP contribution in [0.15, 0.2) is 114 Å². The van der Waals surface area contributed by atoms with E-state index in [1.807, 2.05) is 78.9 Å². The van der Waals surface area contributed by atoms with Crippen molar-refractivity contribution in [2.45, 2.75) is 55.8 Å². The molecule has 1 fully saturated rings. The maximum Gasteiger partial charge on any atom is 0.247 e. The Hall–Kier alpha value is -3.98. The van der Waals surface area contributed by atoms with E-state index in [1.54, 1.807) is 35.2 Å². The van der Waals surface area contributed by atoms with E-state index < -0.39 is 16.1 Å². The lowest BCUT2D eigenvalue weighted by atomic mass is 10.0. The molecule has 0 heterocycles. The van der Waals surface area contributed by atoms with Gasteiger partial charge >= 0.3 is 0 Å². The smallest absolute Gasteiger partial charge is 0.247 e. The predicted octanol–water partition coefficient (Wildman–Crippen LogP) is 5.80. The van der Waals surface area contributed by atoms with Gasteiger partial charge in [-0.1, -0.05) is 103 Å². The van der Waals surface area contributed by atoms with Gasteiger partial charge in [-0.3, -0.25) is 9.59 Å². The van der Waals surface area contributed by atoms with Crippen molar-refractivity contribution in [2.24, 2.45) is 0 Å². The molecule has 0 aliphatic heterocycles. The molecule has 0 aromatic heterocycles. The van der Waals surface area contributed by atoms with E-state index >= 15 is 0 Å². The summed E-state index contributed by atoms with van der Waals surface area (Å²) in [5.74, 6) is -0.508. The van der Waals surface area contributed by atoms with Crippen molar-refractivity contribution >= 4 is 33.4 Å². The standard InChI is InChI=1S/C34H34ClN3O4S/c35-31-14-8-7-13-28(31)23-36-34(40)33(27-11-5-2-6-12-27)38(24-26-9-3-1-4-10-26)32(39)22-17-25-15-20-30(21-16-25)43(41,42)37-29-18-19-29/h1-16,20-21,29,33,37H,17-19,22-24H2,(H,36,40)/t33-/m1/s1. The van der Waals surface area contributed by atoms with Gasteiger partial charge in [0.05, 0.1) is 4.90 Å². The van der Waals surface area contributed by atoms with Crippen molar-refractivity contribution in [3.8, 4) is 0 Å². The zero-order valence-electron chi connectivity index (χ0n) is 23.7. The Labute approximate surface area is 257 Å². The van der Waals surface area contributed by atoms with Gasteiger partial charge in [-0.15, -0.1) is 0 Å². The zero-order valence-corrected chi connectivity index (χ0v) is 25.2. The monoisotopic (exact) mass is 615 g/mol. The normalized spacial score (nSPS) is 13.7. The van der Waals surface area contributed by atoms with Crippen LogP contribution in [0.5, 0.6) is 0 Å². The third-order valence-electron chi connectivity index (χ3n) is 7.36. The highest BCUT2D eigenvalue weighted by atomic mass is 35.5. The molecule has 1 aliphatic carbocycles. The molecule has 2 N–H and O–H groups in total. The Morgan fingerprint density at radius 2 is 1.44 bits per heavy atom. The molecule has 0 bridgehead atoms. The molecule has 1 saturated carbocycles. The van der Waals surface area contributed by atoms with E-state index in [2.05, 4.69) is 10.0 Å². The van der Waals surface area contributed by atoms with Crippen LogP contribution in [0.1, 0.15) is 47.6 Å². The molecule has 4 aromatic rings. The molecule has 0 unspecified atom stereocenters. The summed E-state index contributed by atoms with van der Waals surface area (Å²) >= 11 is 6.33. The third kappa shape index (κ3) is 8.32. The molecule has 5 rings (SSSR count). The van der Waals surface area contributed by atoms with Gasteiger partial charge in [0, 0.05) is 30.6 Å². The molecule has 7 nitrogen and oxygen atoms in total. The van der Waals surface area contributed by atoms with Gasteiger partial charge < -0.3 is 10.2 Å². The molecular formula is C34H34ClN3O4S. The second-order valence-corrected chi connectivity index (χ2v) is 12.8. The molecule has 43 heavy (non-hydrogen) atoms. The number of aryl methyl sites for hydroxylation is 1. The number of amides is 2. The van der Waals surface area contributed by atoms with Crippen molar-refractivity contribution in [3.05, 3.63) is 136 Å². The van der Waals surface area contributed by atoms with Crippen LogP contribution in [-0.2, 0) is 39.1 Å². The van der Waals surface area contributed by atoms with Crippen LogP contribution < -0.4 is 10.0 Å². The number of rotatable bonds is 13.